The Kier molecular flexibility index (Phi) is 5.11. The van der Waals surface area contributed by atoms with E-state index in [4.69, 9.17) is 9.47 Å². The molecule has 0 fully saturated rings. The van der Waals surface area contributed by atoms with Crippen LogP contribution in [0.1, 0.15) is 12.7 Å². The summed E-state index contributed by atoms with van der Waals surface area (Å²) in [6.45, 7) is 5.80. The highest BCUT2D eigenvalue weighted by Gasteiger charge is 2.15. The van der Waals surface area contributed by atoms with Crippen LogP contribution in [0, 0.1) is 6.92 Å². The Morgan fingerprint density at radius 2 is 1.95 bits per heavy atom. The first kappa shape index (κ1) is 15.0. The minimum atomic E-state index is -0.226. The van der Waals surface area contributed by atoms with Crippen LogP contribution in [0.15, 0.2) is 24.3 Å². The predicted octanol–water partition coefficient (Wildman–Crippen LogP) is 1.94. The van der Waals surface area contributed by atoms with Gasteiger partial charge in [0.25, 0.3) is 0 Å². The van der Waals surface area contributed by atoms with Crippen LogP contribution in [0.3, 0.4) is 0 Å². The molecule has 1 atom stereocenters. The third kappa shape index (κ3) is 3.17. The molecule has 1 aromatic heterocycles. The van der Waals surface area contributed by atoms with Gasteiger partial charge in [-0.2, -0.15) is 0 Å². The highest BCUT2D eigenvalue weighted by Crippen LogP contribution is 2.14. The van der Waals surface area contributed by atoms with Crippen LogP contribution in [0.4, 0.5) is 0 Å². The zero-order valence-corrected chi connectivity index (χ0v) is 12.6. The Hall–Kier alpha value is -1.43. The molecular weight excluding hydrogens is 254 g/mol. The van der Waals surface area contributed by atoms with Gasteiger partial charge in [-0.1, -0.05) is 12.1 Å². The number of ether oxygens (including phenoxy) is 2. The molecule has 1 aromatic carbocycles. The van der Waals surface area contributed by atoms with Gasteiger partial charge in [0.05, 0.1) is 17.1 Å². The van der Waals surface area contributed by atoms with E-state index < -0.39 is 0 Å². The Morgan fingerprint density at radius 3 is 2.65 bits per heavy atom. The fourth-order valence-electron chi connectivity index (χ4n) is 2.48. The molecule has 0 spiro atoms. The van der Waals surface area contributed by atoms with E-state index in [9.17, 15) is 0 Å². The summed E-state index contributed by atoms with van der Waals surface area (Å²) < 4.78 is 12.7. The first-order valence-corrected chi connectivity index (χ1v) is 6.88. The minimum Gasteiger partial charge on any atom is -0.354 e. The monoisotopic (exact) mass is 277 g/mol. The van der Waals surface area contributed by atoms with Crippen molar-refractivity contribution in [3.8, 4) is 0 Å². The summed E-state index contributed by atoms with van der Waals surface area (Å²) in [7, 11) is 3.31. The van der Waals surface area contributed by atoms with Gasteiger partial charge >= 0.3 is 0 Å². The molecule has 0 saturated heterocycles. The van der Waals surface area contributed by atoms with Crippen LogP contribution in [0.25, 0.3) is 11.0 Å². The Morgan fingerprint density at radius 1 is 1.25 bits per heavy atom. The number of nitrogens with one attached hydrogen (secondary N) is 1. The predicted molar refractivity (Wildman–Crippen MR) is 79.7 cm³/mol. The minimum absolute atomic E-state index is 0.139. The van der Waals surface area contributed by atoms with Crippen molar-refractivity contribution >= 4 is 11.0 Å². The smallest absolute Gasteiger partial charge is 0.171 e. The van der Waals surface area contributed by atoms with E-state index >= 15 is 0 Å². The maximum Gasteiger partial charge on any atom is 0.171 e. The highest BCUT2D eigenvalue weighted by molar-refractivity contribution is 5.75. The van der Waals surface area contributed by atoms with Crippen LogP contribution in [0.2, 0.25) is 0 Å². The number of hydrogen-bond donors (Lipinski definition) is 1. The number of hydrogen-bond acceptors (Lipinski definition) is 4. The maximum atomic E-state index is 5.24. The molecule has 0 saturated carbocycles. The number of fused-ring (bicyclic) bond motifs is 1. The van der Waals surface area contributed by atoms with E-state index in [1.54, 1.807) is 14.2 Å². The molecule has 2 rings (SSSR count). The lowest BCUT2D eigenvalue weighted by molar-refractivity contribution is -0.119. The van der Waals surface area contributed by atoms with Gasteiger partial charge in [0.15, 0.2) is 6.29 Å². The highest BCUT2D eigenvalue weighted by atomic mass is 16.7. The summed E-state index contributed by atoms with van der Waals surface area (Å²) in [6, 6.07) is 8.34. The topological polar surface area (TPSA) is 48.3 Å². The fourth-order valence-corrected chi connectivity index (χ4v) is 2.48. The lowest BCUT2D eigenvalue weighted by Crippen LogP contribution is -2.41. The molecule has 0 aliphatic carbocycles. The number of aryl methyl sites for hydroxylation is 1. The second-order valence-corrected chi connectivity index (χ2v) is 4.88. The van der Waals surface area contributed by atoms with Crippen LogP contribution >= 0.6 is 0 Å². The Labute approximate surface area is 119 Å². The second-order valence-electron chi connectivity index (χ2n) is 4.88. The number of para-hydroxylation sites is 2. The first-order valence-electron chi connectivity index (χ1n) is 6.88. The van der Waals surface area contributed by atoms with E-state index in [0.717, 1.165) is 24.4 Å². The molecule has 5 heteroatoms. The molecule has 1 N–H and O–H groups in total. The van der Waals surface area contributed by atoms with Crippen LogP contribution in [0.5, 0.6) is 0 Å². The van der Waals surface area contributed by atoms with Crippen molar-refractivity contribution in [2.45, 2.75) is 32.7 Å². The van der Waals surface area contributed by atoms with Gasteiger partial charge in [0, 0.05) is 27.3 Å². The summed E-state index contributed by atoms with van der Waals surface area (Å²) in [4.78, 5) is 4.56. The third-order valence-electron chi connectivity index (χ3n) is 3.52. The van der Waals surface area contributed by atoms with Crippen LogP contribution in [-0.2, 0) is 16.0 Å². The average Bonchev–Trinajstić information content (AvgIpc) is 2.76. The molecule has 0 bridgehead atoms. The van der Waals surface area contributed by atoms with Gasteiger partial charge in [-0.25, -0.2) is 4.98 Å². The number of nitrogens with zero attached hydrogens (tertiary/aromatic N) is 2. The number of aromatic nitrogens is 2. The van der Waals surface area contributed by atoms with E-state index in [1.165, 1.54) is 5.52 Å². The SMILES string of the molecule is COC(OC)C(C)NCCn1c(C)nc2ccccc21. The Balaban J connectivity index is 1.98. The molecule has 0 amide bonds. The van der Waals surface area contributed by atoms with Gasteiger partial charge in [-0.3, -0.25) is 0 Å². The van der Waals surface area contributed by atoms with Crippen molar-refractivity contribution in [1.29, 1.82) is 0 Å². The lowest BCUT2D eigenvalue weighted by atomic mass is 10.3. The zero-order valence-electron chi connectivity index (χ0n) is 12.6. The largest absolute Gasteiger partial charge is 0.354 e. The average molecular weight is 277 g/mol. The molecule has 1 unspecified atom stereocenters. The van der Waals surface area contributed by atoms with E-state index in [2.05, 4.69) is 27.9 Å². The number of imidazole rings is 1. The van der Waals surface area contributed by atoms with E-state index in [1.807, 2.05) is 25.1 Å². The Bertz CT molecular complexity index is 549. The first-order chi connectivity index (χ1) is 9.67. The van der Waals surface area contributed by atoms with Crippen molar-refractivity contribution in [3.05, 3.63) is 30.1 Å². The quantitative estimate of drug-likeness (QED) is 0.786. The second kappa shape index (κ2) is 6.83. The van der Waals surface area contributed by atoms with Crippen molar-refractivity contribution in [2.24, 2.45) is 0 Å². The molecule has 0 aliphatic heterocycles. The van der Waals surface area contributed by atoms with Gasteiger partial charge < -0.3 is 19.4 Å². The molecule has 0 aliphatic rings. The van der Waals surface area contributed by atoms with Crippen molar-refractivity contribution in [1.82, 2.24) is 14.9 Å². The van der Waals surface area contributed by atoms with Gasteiger partial charge in [0.1, 0.15) is 5.82 Å². The molecule has 20 heavy (non-hydrogen) atoms. The summed E-state index contributed by atoms with van der Waals surface area (Å²) >= 11 is 0. The standard InChI is InChI=1S/C15H23N3O2/c1-11(15(19-3)20-4)16-9-10-18-12(2)17-13-7-5-6-8-14(13)18/h5-8,11,15-16H,9-10H2,1-4H3. The van der Waals surface area contributed by atoms with Crippen molar-refractivity contribution < 1.29 is 9.47 Å². The summed E-state index contributed by atoms with van der Waals surface area (Å²) in [5.41, 5.74) is 2.22. The van der Waals surface area contributed by atoms with Gasteiger partial charge in [-0.05, 0) is 26.0 Å². The molecule has 5 nitrogen and oxygen atoms in total. The van der Waals surface area contributed by atoms with E-state index in [-0.39, 0.29) is 12.3 Å². The van der Waals surface area contributed by atoms with Crippen LogP contribution < -0.4 is 5.32 Å². The molecular formula is C15H23N3O2. The van der Waals surface area contributed by atoms with E-state index in [0.29, 0.717) is 0 Å². The molecule has 110 valence electrons. The zero-order chi connectivity index (χ0) is 14.5. The number of methoxy groups -OCH3 is 2. The van der Waals surface area contributed by atoms with Crippen molar-refractivity contribution in [2.75, 3.05) is 20.8 Å². The lowest BCUT2D eigenvalue weighted by Gasteiger charge is -2.22. The maximum absolute atomic E-state index is 5.24. The fraction of sp³-hybridized carbons (Fsp3) is 0.533. The van der Waals surface area contributed by atoms with Gasteiger partial charge in [-0.15, -0.1) is 0 Å². The molecule has 2 aromatic rings. The normalized spacial score (nSPS) is 13.2. The summed E-state index contributed by atoms with van der Waals surface area (Å²) in [5.74, 6) is 1.04. The molecule has 0 radical (unpaired) electrons. The van der Waals surface area contributed by atoms with Crippen LogP contribution in [-0.4, -0.2) is 42.6 Å². The summed E-state index contributed by atoms with van der Waals surface area (Å²) in [5, 5.41) is 3.42. The summed E-state index contributed by atoms with van der Waals surface area (Å²) in [6.07, 6.45) is -0.226. The van der Waals surface area contributed by atoms with Gasteiger partial charge in [0.2, 0.25) is 0 Å². The number of benzene rings is 1. The molecule has 1 heterocycles. The van der Waals surface area contributed by atoms with Crippen molar-refractivity contribution in [3.63, 3.8) is 0 Å². The third-order valence-corrected chi connectivity index (χ3v) is 3.52. The number of rotatable bonds is 7.